The SMILES string of the molecule is O=S(=O)(c1ccc(Cc2cc3cc(C#CCc4ccccc4)ccc3cc2O)cc1)N1CC1. The van der Waals surface area contributed by atoms with Gasteiger partial charge in [-0.15, -0.1) is 0 Å². The lowest BCUT2D eigenvalue weighted by Crippen LogP contribution is -2.11. The number of sulfonamides is 1. The Labute approximate surface area is 194 Å². The van der Waals surface area contributed by atoms with Crippen molar-refractivity contribution in [2.75, 3.05) is 13.1 Å². The van der Waals surface area contributed by atoms with Crippen molar-refractivity contribution in [2.24, 2.45) is 0 Å². The first-order valence-corrected chi connectivity index (χ1v) is 12.3. The van der Waals surface area contributed by atoms with Gasteiger partial charge in [-0.25, -0.2) is 8.42 Å². The zero-order chi connectivity index (χ0) is 22.8. The molecule has 0 spiro atoms. The Balaban J connectivity index is 1.36. The Kier molecular flexibility index (Phi) is 5.63. The van der Waals surface area contributed by atoms with Crippen molar-refractivity contribution in [3.05, 3.63) is 107 Å². The molecule has 4 aromatic carbocycles. The first-order valence-electron chi connectivity index (χ1n) is 10.9. The van der Waals surface area contributed by atoms with Crippen molar-refractivity contribution in [1.82, 2.24) is 4.31 Å². The largest absolute Gasteiger partial charge is 0.508 e. The second-order valence-corrected chi connectivity index (χ2v) is 10.2. The number of hydrogen-bond donors (Lipinski definition) is 1. The summed E-state index contributed by atoms with van der Waals surface area (Å²) in [6.45, 7) is 1.18. The molecule has 0 aromatic heterocycles. The van der Waals surface area contributed by atoms with Crippen LogP contribution in [0.1, 0.15) is 22.3 Å². The van der Waals surface area contributed by atoms with Crippen LogP contribution in [0.4, 0.5) is 0 Å². The highest BCUT2D eigenvalue weighted by molar-refractivity contribution is 7.89. The van der Waals surface area contributed by atoms with Crippen molar-refractivity contribution in [2.45, 2.75) is 17.7 Å². The average Bonchev–Trinajstić information content (AvgIpc) is 3.67. The summed E-state index contributed by atoms with van der Waals surface area (Å²) in [5, 5.41) is 12.5. The van der Waals surface area contributed by atoms with Crippen LogP contribution in [-0.2, 0) is 22.9 Å². The summed E-state index contributed by atoms with van der Waals surface area (Å²) in [5.74, 6) is 6.68. The number of nitrogens with zero attached hydrogens (tertiary/aromatic N) is 1. The number of fused-ring (bicyclic) bond motifs is 1. The summed E-state index contributed by atoms with van der Waals surface area (Å²) in [7, 11) is -3.35. The van der Waals surface area contributed by atoms with Gasteiger partial charge in [0.1, 0.15) is 5.75 Å². The maximum Gasteiger partial charge on any atom is 0.243 e. The predicted molar refractivity (Wildman–Crippen MR) is 131 cm³/mol. The lowest BCUT2D eigenvalue weighted by atomic mass is 9.99. The zero-order valence-corrected chi connectivity index (χ0v) is 18.8. The van der Waals surface area contributed by atoms with E-state index in [9.17, 15) is 13.5 Å². The van der Waals surface area contributed by atoms with E-state index in [0.717, 1.165) is 27.5 Å². The molecular weight excluding hydrogens is 430 g/mol. The van der Waals surface area contributed by atoms with E-state index < -0.39 is 10.0 Å². The van der Waals surface area contributed by atoms with Gasteiger partial charge in [0, 0.05) is 31.5 Å². The highest BCUT2D eigenvalue weighted by Gasteiger charge is 2.32. The minimum Gasteiger partial charge on any atom is -0.508 e. The normalized spacial score (nSPS) is 13.5. The molecule has 5 rings (SSSR count). The Morgan fingerprint density at radius 3 is 2.30 bits per heavy atom. The topological polar surface area (TPSA) is 57.4 Å². The van der Waals surface area contributed by atoms with Gasteiger partial charge >= 0.3 is 0 Å². The zero-order valence-electron chi connectivity index (χ0n) is 18.0. The summed E-state index contributed by atoms with van der Waals surface area (Å²) in [6.07, 6.45) is 1.21. The number of rotatable bonds is 5. The monoisotopic (exact) mass is 453 g/mol. The predicted octanol–water partition coefficient (Wildman–Crippen LogP) is 4.73. The van der Waals surface area contributed by atoms with Crippen LogP contribution in [0.5, 0.6) is 5.75 Å². The number of aromatic hydroxyl groups is 1. The van der Waals surface area contributed by atoms with E-state index in [4.69, 9.17) is 0 Å². The molecule has 1 heterocycles. The number of phenolic OH excluding ortho intramolecular Hbond substituents is 1. The second kappa shape index (κ2) is 8.74. The van der Waals surface area contributed by atoms with Crippen LogP contribution in [0.2, 0.25) is 0 Å². The van der Waals surface area contributed by atoms with E-state index in [-0.39, 0.29) is 5.75 Å². The van der Waals surface area contributed by atoms with Crippen molar-refractivity contribution >= 4 is 20.8 Å². The summed E-state index contributed by atoms with van der Waals surface area (Å²) in [5.41, 5.74) is 3.84. The summed E-state index contributed by atoms with van der Waals surface area (Å²) < 4.78 is 26.1. The first-order chi connectivity index (χ1) is 16.0. The quantitative estimate of drug-likeness (QED) is 0.351. The minimum absolute atomic E-state index is 0.228. The minimum atomic E-state index is -3.35. The van der Waals surface area contributed by atoms with Crippen molar-refractivity contribution in [1.29, 1.82) is 0 Å². The fourth-order valence-corrected chi connectivity index (χ4v) is 5.17. The van der Waals surface area contributed by atoms with Crippen molar-refractivity contribution < 1.29 is 13.5 Å². The molecule has 1 aliphatic rings. The lowest BCUT2D eigenvalue weighted by molar-refractivity contribution is 0.470. The molecule has 1 fully saturated rings. The Bertz CT molecular complexity index is 1480. The van der Waals surface area contributed by atoms with Crippen LogP contribution in [-0.4, -0.2) is 30.9 Å². The standard InChI is InChI=1S/C28H23NO3S/c30-28-20-24-12-9-22(8-4-7-21-5-2-1-3-6-21)17-25(24)19-26(28)18-23-10-13-27(14-11-23)33(31,32)29-15-16-29/h1-3,5-6,9-14,17,19-20,30H,7,15-16,18H2. The Morgan fingerprint density at radius 2 is 1.58 bits per heavy atom. The van der Waals surface area contributed by atoms with Crippen LogP contribution in [0, 0.1) is 11.8 Å². The molecule has 0 aliphatic carbocycles. The molecule has 1 saturated heterocycles. The van der Waals surface area contributed by atoms with Gasteiger partial charge < -0.3 is 5.11 Å². The van der Waals surface area contributed by atoms with Gasteiger partial charge in [-0.2, -0.15) is 4.31 Å². The molecule has 4 aromatic rings. The molecular formula is C28H23NO3S. The highest BCUT2D eigenvalue weighted by atomic mass is 32.2. The van der Waals surface area contributed by atoms with Gasteiger partial charge in [0.15, 0.2) is 0 Å². The summed E-state index contributed by atoms with van der Waals surface area (Å²) in [4.78, 5) is 0.310. The molecule has 1 aliphatic heterocycles. The number of hydrogen-bond acceptors (Lipinski definition) is 3. The smallest absolute Gasteiger partial charge is 0.243 e. The second-order valence-electron chi connectivity index (χ2n) is 8.23. The van der Waals surface area contributed by atoms with E-state index in [1.165, 1.54) is 9.87 Å². The van der Waals surface area contributed by atoms with Gasteiger partial charge in [0.2, 0.25) is 10.0 Å². The van der Waals surface area contributed by atoms with Gasteiger partial charge in [-0.1, -0.05) is 60.4 Å². The van der Waals surface area contributed by atoms with E-state index in [2.05, 4.69) is 24.0 Å². The molecule has 0 atom stereocenters. The highest BCUT2D eigenvalue weighted by Crippen LogP contribution is 2.29. The summed E-state index contributed by atoms with van der Waals surface area (Å²) >= 11 is 0. The molecule has 0 radical (unpaired) electrons. The maximum atomic E-state index is 12.3. The molecule has 5 heteroatoms. The Hall–Kier alpha value is -3.59. The number of benzene rings is 4. The molecule has 4 nitrogen and oxygen atoms in total. The van der Waals surface area contributed by atoms with E-state index in [1.54, 1.807) is 18.2 Å². The van der Waals surface area contributed by atoms with Crippen LogP contribution >= 0.6 is 0 Å². The van der Waals surface area contributed by atoms with Crippen LogP contribution in [0.25, 0.3) is 10.8 Å². The molecule has 1 N–H and O–H groups in total. The van der Waals surface area contributed by atoms with E-state index in [0.29, 0.717) is 30.8 Å². The molecule has 0 saturated carbocycles. The fourth-order valence-electron chi connectivity index (χ4n) is 3.83. The van der Waals surface area contributed by atoms with E-state index >= 15 is 0 Å². The number of phenols is 1. The van der Waals surface area contributed by atoms with E-state index in [1.807, 2.05) is 54.6 Å². The molecule has 33 heavy (non-hydrogen) atoms. The third-order valence-corrected chi connectivity index (χ3v) is 7.68. The van der Waals surface area contributed by atoms with Crippen LogP contribution in [0.15, 0.2) is 89.8 Å². The average molecular weight is 454 g/mol. The Morgan fingerprint density at radius 1 is 0.818 bits per heavy atom. The third-order valence-electron chi connectivity index (χ3n) is 5.77. The van der Waals surface area contributed by atoms with Gasteiger partial charge in [0.05, 0.1) is 4.90 Å². The molecule has 0 amide bonds. The maximum absolute atomic E-state index is 12.3. The van der Waals surface area contributed by atoms with Gasteiger partial charge in [-0.3, -0.25) is 0 Å². The van der Waals surface area contributed by atoms with Crippen molar-refractivity contribution in [3.63, 3.8) is 0 Å². The molecule has 0 unspecified atom stereocenters. The first kappa shape index (κ1) is 21.3. The van der Waals surface area contributed by atoms with Crippen LogP contribution < -0.4 is 0 Å². The van der Waals surface area contributed by atoms with Crippen molar-refractivity contribution in [3.8, 4) is 17.6 Å². The van der Waals surface area contributed by atoms with Gasteiger partial charge in [0.25, 0.3) is 0 Å². The molecule has 164 valence electrons. The van der Waals surface area contributed by atoms with Crippen LogP contribution in [0.3, 0.4) is 0 Å². The fraction of sp³-hybridized carbons (Fsp3) is 0.143. The summed E-state index contributed by atoms with van der Waals surface area (Å²) in [6, 6.07) is 26.8. The molecule has 0 bridgehead atoms. The third kappa shape index (κ3) is 4.78. The lowest BCUT2D eigenvalue weighted by Gasteiger charge is -2.09. The van der Waals surface area contributed by atoms with Gasteiger partial charge in [-0.05, 0) is 63.9 Å².